The van der Waals surface area contributed by atoms with E-state index >= 15 is 0 Å². The smallest absolute Gasteiger partial charge is 0.326 e. The minimum atomic E-state index is -4.30. The average molecular weight is 618 g/mol. The largest absolute Gasteiger partial charge is 0.480 e. The molecule has 0 spiro atoms. The molecule has 1 aromatic heterocycles. The van der Waals surface area contributed by atoms with Gasteiger partial charge >= 0.3 is 5.97 Å². The molecule has 2 aliphatic heterocycles. The maximum atomic E-state index is 13.8. The number of carboxylic acid groups (broad SMARTS) is 1. The number of H-pyrrole nitrogens is 1. The predicted molar refractivity (Wildman–Crippen MR) is 151 cm³/mol. The van der Waals surface area contributed by atoms with Crippen molar-refractivity contribution in [2.24, 2.45) is 5.73 Å². The molecule has 0 unspecified atom stereocenters. The van der Waals surface area contributed by atoms with Crippen LogP contribution in [0.1, 0.15) is 44.8 Å². The molecule has 0 radical (unpaired) electrons. The van der Waals surface area contributed by atoms with E-state index in [1.54, 1.807) is 23.9 Å². The fourth-order valence-electron chi connectivity index (χ4n) is 5.45. The molecule has 5 N–H and O–H groups in total. The van der Waals surface area contributed by atoms with Gasteiger partial charge < -0.3 is 26.0 Å². The fourth-order valence-corrected chi connectivity index (χ4v) is 6.90. The first-order chi connectivity index (χ1) is 20.3. The first-order valence-electron chi connectivity index (χ1n) is 13.3. The first kappa shape index (κ1) is 29.9. The van der Waals surface area contributed by atoms with Crippen molar-refractivity contribution < 1.29 is 36.7 Å². The number of fused-ring (bicyclic) bond motifs is 1. The monoisotopic (exact) mass is 617 g/mol. The number of benzene rings is 2. The zero-order chi connectivity index (χ0) is 31.2. The number of primary amides is 1. The van der Waals surface area contributed by atoms with E-state index in [0.29, 0.717) is 48.1 Å². The third-order valence-corrected chi connectivity index (χ3v) is 9.38. The van der Waals surface area contributed by atoms with Gasteiger partial charge in [0.05, 0.1) is 27.4 Å². The van der Waals surface area contributed by atoms with Gasteiger partial charge in [-0.15, -0.1) is 0 Å². The Kier molecular flexibility index (Phi) is 7.83. The Bertz CT molecular complexity index is 1720. The number of rotatable bonds is 8. The summed E-state index contributed by atoms with van der Waals surface area (Å²) in [6.07, 6.45) is 1.20. The van der Waals surface area contributed by atoms with Crippen LogP contribution in [0.25, 0.3) is 0 Å². The SMILES string of the molecule is CN(C)c1cc(C(N)=O)c(C(=O)Nc2n[nH]c3c2CN(S(=O)(=O)c2cc(F)cc(F)c2)CC3)cc1N1CCC[C@@H]1C(=O)O. The molecule has 1 atom stereocenters. The molecule has 2 amide bonds. The number of halogens is 2. The number of sulfonamides is 1. The van der Waals surface area contributed by atoms with E-state index < -0.39 is 50.4 Å². The Hall–Kier alpha value is -4.57. The number of nitrogens with two attached hydrogens (primary N) is 1. The van der Waals surface area contributed by atoms with Gasteiger partial charge in [-0.2, -0.15) is 9.40 Å². The van der Waals surface area contributed by atoms with Gasteiger partial charge in [0.15, 0.2) is 5.82 Å². The Morgan fingerprint density at radius 2 is 1.79 bits per heavy atom. The number of nitrogens with one attached hydrogen (secondary N) is 2. The van der Waals surface area contributed by atoms with Crippen molar-refractivity contribution in [1.29, 1.82) is 0 Å². The Morgan fingerprint density at radius 1 is 1.09 bits per heavy atom. The second-order valence-electron chi connectivity index (χ2n) is 10.5. The van der Waals surface area contributed by atoms with Crippen LogP contribution in [0, 0.1) is 11.6 Å². The number of carbonyl (C=O) groups is 3. The van der Waals surface area contributed by atoms with Gasteiger partial charge in [0.2, 0.25) is 15.9 Å². The minimum absolute atomic E-state index is 0.00912. The number of aromatic nitrogens is 2. The lowest BCUT2D eigenvalue weighted by molar-refractivity contribution is -0.138. The Balaban J connectivity index is 1.48. The molecule has 3 heterocycles. The molecule has 5 rings (SSSR count). The molecule has 13 nitrogen and oxygen atoms in total. The molecule has 0 aliphatic carbocycles. The molecule has 1 saturated heterocycles. The van der Waals surface area contributed by atoms with Crippen molar-refractivity contribution in [1.82, 2.24) is 14.5 Å². The van der Waals surface area contributed by atoms with E-state index in [4.69, 9.17) is 5.73 Å². The number of amides is 2. The van der Waals surface area contributed by atoms with Gasteiger partial charge in [0.25, 0.3) is 5.91 Å². The van der Waals surface area contributed by atoms with Crippen LogP contribution in [0.5, 0.6) is 0 Å². The minimum Gasteiger partial charge on any atom is -0.480 e. The number of carboxylic acids is 1. The molecular formula is C27H29F2N7O6S. The summed E-state index contributed by atoms with van der Waals surface area (Å²) in [5.41, 5.74) is 7.19. The zero-order valence-corrected chi connectivity index (χ0v) is 24.0. The summed E-state index contributed by atoms with van der Waals surface area (Å²) in [5.74, 6) is -4.78. The van der Waals surface area contributed by atoms with E-state index in [0.717, 1.165) is 16.4 Å². The van der Waals surface area contributed by atoms with Crippen molar-refractivity contribution in [2.75, 3.05) is 42.3 Å². The number of aliphatic carboxylic acids is 1. The molecule has 0 saturated carbocycles. The normalized spacial score (nSPS) is 17.0. The van der Waals surface area contributed by atoms with Crippen molar-refractivity contribution in [3.8, 4) is 0 Å². The third kappa shape index (κ3) is 5.62. The highest BCUT2D eigenvalue weighted by Gasteiger charge is 2.35. The highest BCUT2D eigenvalue weighted by atomic mass is 32.2. The standard InChI is InChI=1S/C27H29F2N7O6S/c1-34(2)22-11-17(24(30)37)18(12-23(22)36-6-3-4-21(36)27(39)40)26(38)31-25-19-13-35(7-5-20(19)32-33-25)43(41,42)16-9-14(28)8-15(29)10-16/h8-12,21H,3-7,13H2,1-2H3,(H2,30,37)(H,39,40)(H2,31,32,33,38)/t21-/m1/s1. The third-order valence-electron chi connectivity index (χ3n) is 7.56. The summed E-state index contributed by atoms with van der Waals surface area (Å²) in [4.78, 5) is 40.8. The number of anilines is 3. The Morgan fingerprint density at radius 3 is 2.42 bits per heavy atom. The van der Waals surface area contributed by atoms with Gasteiger partial charge in [-0.05, 0) is 37.1 Å². The topological polar surface area (TPSA) is 182 Å². The van der Waals surface area contributed by atoms with Gasteiger partial charge in [-0.25, -0.2) is 22.0 Å². The van der Waals surface area contributed by atoms with E-state index in [-0.39, 0.29) is 36.5 Å². The van der Waals surface area contributed by atoms with E-state index in [2.05, 4.69) is 15.5 Å². The Labute approximate surface area is 245 Å². The molecule has 3 aromatic rings. The predicted octanol–water partition coefficient (Wildman–Crippen LogP) is 1.91. The molecule has 16 heteroatoms. The lowest BCUT2D eigenvalue weighted by Gasteiger charge is -2.30. The van der Waals surface area contributed by atoms with Crippen LogP contribution in [0.4, 0.5) is 26.0 Å². The average Bonchev–Trinajstić information content (AvgIpc) is 3.59. The van der Waals surface area contributed by atoms with Crippen molar-refractivity contribution in [3.05, 3.63) is 64.4 Å². The van der Waals surface area contributed by atoms with Gasteiger partial charge in [-0.3, -0.25) is 14.7 Å². The highest BCUT2D eigenvalue weighted by Crippen LogP contribution is 2.37. The van der Waals surface area contributed by atoms with E-state index in [1.807, 2.05) is 0 Å². The van der Waals surface area contributed by atoms with Crippen LogP contribution in [0.3, 0.4) is 0 Å². The molecule has 1 fully saturated rings. The van der Waals surface area contributed by atoms with Crippen LogP contribution < -0.4 is 20.9 Å². The van der Waals surface area contributed by atoms with Gasteiger partial charge in [0.1, 0.15) is 17.7 Å². The lowest BCUT2D eigenvalue weighted by Crippen LogP contribution is -2.37. The summed E-state index contributed by atoms with van der Waals surface area (Å²) in [7, 11) is -0.881. The van der Waals surface area contributed by atoms with Crippen LogP contribution in [-0.4, -0.2) is 79.0 Å². The van der Waals surface area contributed by atoms with Gasteiger partial charge in [-0.1, -0.05) is 0 Å². The fraction of sp³-hybridized carbons (Fsp3) is 0.333. The second kappa shape index (κ2) is 11.3. The van der Waals surface area contributed by atoms with Crippen LogP contribution in [0.2, 0.25) is 0 Å². The molecule has 43 heavy (non-hydrogen) atoms. The summed E-state index contributed by atoms with van der Waals surface area (Å²) in [6, 6.07) is 4.03. The number of hydrogen-bond acceptors (Lipinski definition) is 8. The van der Waals surface area contributed by atoms with Crippen molar-refractivity contribution >= 4 is 45.0 Å². The number of hydrogen-bond donors (Lipinski definition) is 4. The molecule has 2 aliphatic rings. The number of nitrogens with zero attached hydrogens (tertiary/aromatic N) is 4. The number of aromatic amines is 1. The van der Waals surface area contributed by atoms with Crippen LogP contribution >= 0.6 is 0 Å². The summed E-state index contributed by atoms with van der Waals surface area (Å²) >= 11 is 0. The summed E-state index contributed by atoms with van der Waals surface area (Å²) in [5, 5.41) is 19.3. The number of carbonyl (C=O) groups excluding carboxylic acids is 2. The molecule has 228 valence electrons. The van der Waals surface area contributed by atoms with E-state index in [1.165, 1.54) is 12.1 Å². The first-order valence-corrected chi connectivity index (χ1v) is 14.7. The van der Waals surface area contributed by atoms with Crippen LogP contribution in [-0.2, 0) is 27.8 Å². The molecular weight excluding hydrogens is 588 g/mol. The maximum absolute atomic E-state index is 13.8. The van der Waals surface area contributed by atoms with Crippen molar-refractivity contribution in [2.45, 2.75) is 36.7 Å². The molecule has 2 aromatic carbocycles. The van der Waals surface area contributed by atoms with Crippen LogP contribution in [0.15, 0.2) is 35.2 Å². The quantitative estimate of drug-likeness (QED) is 0.293. The maximum Gasteiger partial charge on any atom is 0.326 e. The highest BCUT2D eigenvalue weighted by molar-refractivity contribution is 7.89. The lowest BCUT2D eigenvalue weighted by atomic mass is 10.0. The molecule has 0 bridgehead atoms. The van der Waals surface area contributed by atoms with Crippen molar-refractivity contribution in [3.63, 3.8) is 0 Å². The summed E-state index contributed by atoms with van der Waals surface area (Å²) < 4.78 is 55.0. The van der Waals surface area contributed by atoms with Gasteiger partial charge in [0, 0.05) is 57.5 Å². The zero-order valence-electron chi connectivity index (χ0n) is 23.2. The summed E-state index contributed by atoms with van der Waals surface area (Å²) in [6.45, 7) is 0.148. The second-order valence-corrected chi connectivity index (χ2v) is 12.4. The van der Waals surface area contributed by atoms with E-state index in [9.17, 15) is 36.7 Å².